The summed E-state index contributed by atoms with van der Waals surface area (Å²) in [4.78, 5) is 4.63. The van der Waals surface area contributed by atoms with Gasteiger partial charge in [-0.25, -0.2) is 4.98 Å². The van der Waals surface area contributed by atoms with Gasteiger partial charge >= 0.3 is 0 Å². The van der Waals surface area contributed by atoms with E-state index in [1.54, 1.807) is 4.68 Å². The smallest absolute Gasteiger partial charge is 0.237 e. The van der Waals surface area contributed by atoms with Crippen LogP contribution in [0.1, 0.15) is 22.7 Å². The fourth-order valence-corrected chi connectivity index (χ4v) is 4.87. The Balaban J connectivity index is 1.17. The molecular formula is C28H29N5O2. The molecule has 2 aliphatic heterocycles. The Morgan fingerprint density at radius 2 is 2.03 bits per heavy atom. The molecule has 0 bridgehead atoms. The number of rotatable bonds is 7. The fraction of sp³-hybridized carbons (Fsp3) is 0.286. The topological polar surface area (TPSA) is 73.2 Å². The van der Waals surface area contributed by atoms with Gasteiger partial charge in [-0.3, -0.25) is 4.68 Å². The van der Waals surface area contributed by atoms with E-state index in [1.165, 1.54) is 16.7 Å². The summed E-state index contributed by atoms with van der Waals surface area (Å²) in [5, 5.41) is 11.6. The number of fused-ring (bicyclic) bond motifs is 2. The number of aromatic nitrogens is 3. The minimum Gasteiger partial charge on any atom is -0.493 e. The molecule has 178 valence electrons. The lowest BCUT2D eigenvalue weighted by Crippen LogP contribution is -2.43. The molecule has 2 aliphatic rings. The Kier molecular flexibility index (Phi) is 5.84. The number of anilines is 1. The summed E-state index contributed by atoms with van der Waals surface area (Å²) in [7, 11) is 1.91. The van der Waals surface area contributed by atoms with Gasteiger partial charge in [-0.05, 0) is 41.8 Å². The van der Waals surface area contributed by atoms with Crippen molar-refractivity contribution in [3.63, 3.8) is 0 Å². The predicted molar refractivity (Wildman–Crippen MR) is 136 cm³/mol. The van der Waals surface area contributed by atoms with Crippen molar-refractivity contribution in [1.29, 1.82) is 0 Å². The third kappa shape index (κ3) is 4.59. The van der Waals surface area contributed by atoms with Gasteiger partial charge in [-0.1, -0.05) is 42.5 Å². The molecule has 7 nitrogen and oxygen atoms in total. The zero-order valence-electron chi connectivity index (χ0n) is 19.8. The highest BCUT2D eigenvalue weighted by molar-refractivity contribution is 5.69. The molecule has 4 heterocycles. The van der Waals surface area contributed by atoms with Crippen LogP contribution in [-0.4, -0.2) is 40.6 Å². The largest absolute Gasteiger partial charge is 0.493 e. The van der Waals surface area contributed by atoms with E-state index in [0.29, 0.717) is 12.4 Å². The molecule has 6 rings (SSSR count). The second kappa shape index (κ2) is 9.43. The molecule has 4 aromatic rings. The van der Waals surface area contributed by atoms with Crippen LogP contribution in [0.3, 0.4) is 0 Å². The first-order valence-corrected chi connectivity index (χ1v) is 12.2. The van der Waals surface area contributed by atoms with Gasteiger partial charge in [-0.2, -0.15) is 5.10 Å². The lowest BCUT2D eigenvalue weighted by molar-refractivity contribution is 0.150. The first-order chi connectivity index (χ1) is 17.2. The quantitative estimate of drug-likeness (QED) is 0.425. The van der Waals surface area contributed by atoms with Crippen molar-refractivity contribution in [1.82, 2.24) is 20.1 Å². The zero-order valence-corrected chi connectivity index (χ0v) is 19.8. The fourth-order valence-electron chi connectivity index (χ4n) is 4.87. The zero-order chi connectivity index (χ0) is 23.6. The van der Waals surface area contributed by atoms with Crippen molar-refractivity contribution < 1.29 is 9.47 Å². The maximum absolute atomic E-state index is 6.43. The maximum atomic E-state index is 6.43. The summed E-state index contributed by atoms with van der Waals surface area (Å²) < 4.78 is 13.9. The SMILES string of the molecule is Cn1cc(-c2cnc3c(c2)NC[C@@H]([C@H](NCCc2ccc4c(c2)CCO4)c2ccccc2)O3)cn1. The summed E-state index contributed by atoms with van der Waals surface area (Å²) >= 11 is 0. The van der Waals surface area contributed by atoms with Crippen LogP contribution in [0.25, 0.3) is 11.1 Å². The van der Waals surface area contributed by atoms with Gasteiger partial charge in [-0.15, -0.1) is 0 Å². The minimum absolute atomic E-state index is 0.0365. The minimum atomic E-state index is -0.0879. The highest BCUT2D eigenvalue weighted by Gasteiger charge is 2.29. The van der Waals surface area contributed by atoms with Crippen LogP contribution in [0.15, 0.2) is 73.2 Å². The van der Waals surface area contributed by atoms with Crippen LogP contribution >= 0.6 is 0 Å². The molecule has 0 unspecified atom stereocenters. The monoisotopic (exact) mass is 467 g/mol. The average Bonchev–Trinajstić information content (AvgIpc) is 3.55. The van der Waals surface area contributed by atoms with Crippen molar-refractivity contribution in [3.8, 4) is 22.8 Å². The molecule has 0 aliphatic carbocycles. The van der Waals surface area contributed by atoms with Crippen LogP contribution in [0.4, 0.5) is 5.69 Å². The van der Waals surface area contributed by atoms with Crippen molar-refractivity contribution in [3.05, 3.63) is 89.9 Å². The van der Waals surface area contributed by atoms with E-state index in [-0.39, 0.29) is 12.1 Å². The maximum Gasteiger partial charge on any atom is 0.237 e. The van der Waals surface area contributed by atoms with Gasteiger partial charge in [0.2, 0.25) is 5.88 Å². The predicted octanol–water partition coefficient (Wildman–Crippen LogP) is 4.16. The molecule has 2 N–H and O–H groups in total. The van der Waals surface area contributed by atoms with Gasteiger partial charge in [0.15, 0.2) is 0 Å². The second-order valence-corrected chi connectivity index (χ2v) is 9.15. The summed E-state index contributed by atoms with van der Waals surface area (Å²) in [6.07, 6.45) is 7.54. The van der Waals surface area contributed by atoms with Crippen LogP contribution in [0, 0.1) is 0 Å². The van der Waals surface area contributed by atoms with Crippen molar-refractivity contribution in [2.75, 3.05) is 25.0 Å². The van der Waals surface area contributed by atoms with Crippen molar-refractivity contribution in [2.24, 2.45) is 7.05 Å². The number of pyridine rings is 1. The third-order valence-electron chi connectivity index (χ3n) is 6.71. The normalized spacial score (nSPS) is 17.0. The van der Waals surface area contributed by atoms with Gasteiger partial charge in [0, 0.05) is 37.0 Å². The Morgan fingerprint density at radius 1 is 1.11 bits per heavy atom. The van der Waals surface area contributed by atoms with E-state index >= 15 is 0 Å². The summed E-state index contributed by atoms with van der Waals surface area (Å²) in [6, 6.07) is 19.2. The van der Waals surface area contributed by atoms with E-state index in [9.17, 15) is 0 Å². The Hall–Kier alpha value is -3.84. The molecule has 0 fully saturated rings. The molecule has 7 heteroatoms. The van der Waals surface area contributed by atoms with Crippen LogP contribution in [-0.2, 0) is 19.9 Å². The number of aryl methyl sites for hydroxylation is 1. The van der Waals surface area contributed by atoms with E-state index in [2.05, 4.69) is 69.2 Å². The molecular weight excluding hydrogens is 438 g/mol. The first kappa shape index (κ1) is 21.7. The number of nitrogens with zero attached hydrogens (tertiary/aromatic N) is 3. The summed E-state index contributed by atoms with van der Waals surface area (Å²) in [6.45, 7) is 2.32. The highest BCUT2D eigenvalue weighted by atomic mass is 16.5. The first-order valence-electron chi connectivity index (χ1n) is 12.2. The molecule has 2 aromatic carbocycles. The van der Waals surface area contributed by atoms with E-state index < -0.39 is 0 Å². The molecule has 0 saturated heterocycles. The average molecular weight is 468 g/mol. The van der Waals surface area contributed by atoms with E-state index in [0.717, 1.165) is 48.6 Å². The van der Waals surface area contributed by atoms with Crippen molar-refractivity contribution >= 4 is 5.69 Å². The lowest BCUT2D eigenvalue weighted by atomic mass is 9.99. The Labute approximate surface area is 205 Å². The highest BCUT2D eigenvalue weighted by Crippen LogP contribution is 2.34. The molecule has 0 radical (unpaired) electrons. The van der Waals surface area contributed by atoms with Gasteiger partial charge in [0.1, 0.15) is 11.9 Å². The number of hydrogen-bond acceptors (Lipinski definition) is 6. The van der Waals surface area contributed by atoms with Crippen LogP contribution in [0.5, 0.6) is 11.6 Å². The molecule has 35 heavy (non-hydrogen) atoms. The lowest BCUT2D eigenvalue weighted by Gasteiger charge is -2.33. The molecule has 2 atom stereocenters. The van der Waals surface area contributed by atoms with Crippen molar-refractivity contribution in [2.45, 2.75) is 25.0 Å². The summed E-state index contributed by atoms with van der Waals surface area (Å²) in [5.41, 5.74) is 6.81. The molecule has 0 spiro atoms. The number of nitrogens with one attached hydrogen (secondary N) is 2. The van der Waals surface area contributed by atoms with Crippen LogP contribution in [0.2, 0.25) is 0 Å². The molecule has 0 saturated carbocycles. The Morgan fingerprint density at radius 3 is 2.89 bits per heavy atom. The number of ether oxygens (including phenoxy) is 2. The number of hydrogen-bond donors (Lipinski definition) is 2. The van der Waals surface area contributed by atoms with E-state index in [4.69, 9.17) is 9.47 Å². The molecule has 2 aromatic heterocycles. The van der Waals surface area contributed by atoms with E-state index in [1.807, 2.05) is 31.7 Å². The molecule has 0 amide bonds. The third-order valence-corrected chi connectivity index (χ3v) is 6.71. The standard InChI is InChI=1S/C28H29N5O2/c1-33-18-23(16-32-33)22-14-24-28(31-15-22)35-26(17-30-24)27(20-5-3-2-4-6-20)29-11-9-19-7-8-25-21(13-19)10-12-34-25/h2-8,13-16,18,26-27,29-30H,9-12,17H2,1H3/t26-,27+/m0/s1. The number of benzene rings is 2. The van der Waals surface area contributed by atoms with Gasteiger partial charge < -0.3 is 20.1 Å². The Bertz CT molecular complexity index is 1320. The second-order valence-electron chi connectivity index (χ2n) is 9.15. The van der Waals surface area contributed by atoms with Crippen LogP contribution < -0.4 is 20.1 Å². The van der Waals surface area contributed by atoms with Gasteiger partial charge in [0.05, 0.1) is 31.1 Å². The van der Waals surface area contributed by atoms with Gasteiger partial charge in [0.25, 0.3) is 0 Å². The summed E-state index contributed by atoms with van der Waals surface area (Å²) in [5.74, 6) is 1.67.